The maximum Gasteiger partial charge on any atom is 0.222 e. The number of hydrogen-bond acceptors (Lipinski definition) is 2. The predicted molar refractivity (Wildman–Crippen MR) is 130 cm³/mol. The summed E-state index contributed by atoms with van der Waals surface area (Å²) in [5.74, 6) is 2.04. The van der Waals surface area contributed by atoms with E-state index < -0.39 is 0 Å². The third kappa shape index (κ3) is 7.46. The Kier molecular flexibility index (Phi) is 10.2. The van der Waals surface area contributed by atoms with Crippen molar-refractivity contribution in [1.82, 2.24) is 15.5 Å². The normalized spacial score (nSPS) is 22.3. The molecule has 2 N–H and O–H groups in total. The topological polar surface area (TPSA) is 56.7 Å². The van der Waals surface area contributed by atoms with Gasteiger partial charge in [0.15, 0.2) is 5.96 Å². The quantitative estimate of drug-likeness (QED) is 0.323. The zero-order valence-corrected chi connectivity index (χ0v) is 20.3. The number of hydrogen-bond donors (Lipinski definition) is 2. The number of halogens is 1. The van der Waals surface area contributed by atoms with Crippen molar-refractivity contribution >= 4 is 35.8 Å². The molecule has 2 fully saturated rings. The van der Waals surface area contributed by atoms with E-state index in [0.717, 1.165) is 37.9 Å². The molecule has 0 aromatic heterocycles. The second kappa shape index (κ2) is 12.4. The average Bonchev–Trinajstić information content (AvgIpc) is 3.11. The van der Waals surface area contributed by atoms with Gasteiger partial charge in [-0.05, 0) is 43.2 Å². The summed E-state index contributed by atoms with van der Waals surface area (Å²) in [5.41, 5.74) is 2.38. The Hall–Kier alpha value is -1.31. The number of carbonyl (C=O) groups excluding carboxylic acids is 1. The van der Waals surface area contributed by atoms with E-state index in [1.807, 2.05) is 4.90 Å². The van der Waals surface area contributed by atoms with Crippen LogP contribution in [0.5, 0.6) is 0 Å². The lowest BCUT2D eigenvalue weighted by molar-refractivity contribution is -0.128. The van der Waals surface area contributed by atoms with Crippen LogP contribution in [-0.4, -0.2) is 35.9 Å². The van der Waals surface area contributed by atoms with Gasteiger partial charge in [0.25, 0.3) is 0 Å². The van der Waals surface area contributed by atoms with Gasteiger partial charge in [-0.1, -0.05) is 50.5 Å². The van der Waals surface area contributed by atoms with E-state index >= 15 is 0 Å². The lowest BCUT2D eigenvalue weighted by Gasteiger charge is -2.30. The molecule has 162 valence electrons. The van der Waals surface area contributed by atoms with Crippen LogP contribution in [0.3, 0.4) is 0 Å². The van der Waals surface area contributed by atoms with Gasteiger partial charge in [0, 0.05) is 32.1 Å². The molecule has 1 saturated heterocycles. The highest BCUT2D eigenvalue weighted by atomic mass is 127. The van der Waals surface area contributed by atoms with Crippen LogP contribution in [-0.2, 0) is 17.9 Å². The van der Waals surface area contributed by atoms with Crippen molar-refractivity contribution in [2.75, 3.05) is 13.1 Å². The highest BCUT2D eigenvalue weighted by molar-refractivity contribution is 14.0. The summed E-state index contributed by atoms with van der Waals surface area (Å²) < 4.78 is 0. The maximum absolute atomic E-state index is 11.9. The van der Waals surface area contributed by atoms with Crippen LogP contribution in [0.25, 0.3) is 0 Å². The van der Waals surface area contributed by atoms with Crippen molar-refractivity contribution in [2.24, 2.45) is 10.9 Å². The first kappa shape index (κ1) is 24.0. The number of nitrogens with one attached hydrogen (secondary N) is 2. The van der Waals surface area contributed by atoms with Gasteiger partial charge in [-0.3, -0.25) is 4.79 Å². The molecule has 2 aliphatic rings. The number of amides is 1. The van der Waals surface area contributed by atoms with Crippen molar-refractivity contribution in [3.8, 4) is 0 Å². The molecule has 1 aliphatic heterocycles. The number of carbonyl (C=O) groups is 1. The summed E-state index contributed by atoms with van der Waals surface area (Å²) >= 11 is 0. The number of likely N-dealkylation sites (tertiary alicyclic amines) is 1. The van der Waals surface area contributed by atoms with Crippen molar-refractivity contribution < 1.29 is 4.79 Å². The Bertz CT molecular complexity index is 679. The van der Waals surface area contributed by atoms with Gasteiger partial charge in [0.1, 0.15) is 0 Å². The fourth-order valence-corrected chi connectivity index (χ4v) is 4.39. The largest absolute Gasteiger partial charge is 0.357 e. The third-order valence-corrected chi connectivity index (χ3v) is 6.00. The van der Waals surface area contributed by atoms with Gasteiger partial charge in [0.05, 0.1) is 6.54 Å². The summed E-state index contributed by atoms with van der Waals surface area (Å²) in [6.45, 7) is 7.54. The zero-order valence-electron chi connectivity index (χ0n) is 18.0. The first-order chi connectivity index (χ1) is 13.7. The Morgan fingerprint density at radius 2 is 2.03 bits per heavy atom. The standard InChI is InChI=1S/C23H36N4O.HI/c1-3-18-8-6-11-21(15-18)26-23(24-4-2)25-16-19-9-5-10-20(14-19)17-27-13-7-12-22(27)28;/h5,9-10,14,18,21H,3-4,6-8,11-13,15-17H2,1-2H3,(H2,24,25,26);1H. The smallest absolute Gasteiger partial charge is 0.222 e. The van der Waals surface area contributed by atoms with E-state index in [9.17, 15) is 4.79 Å². The molecule has 2 unspecified atom stereocenters. The van der Waals surface area contributed by atoms with Crippen molar-refractivity contribution in [1.29, 1.82) is 0 Å². The van der Waals surface area contributed by atoms with Crippen molar-refractivity contribution in [2.45, 2.75) is 77.9 Å². The first-order valence-electron chi connectivity index (χ1n) is 11.1. The van der Waals surface area contributed by atoms with Crippen LogP contribution in [0.15, 0.2) is 29.3 Å². The van der Waals surface area contributed by atoms with Crippen molar-refractivity contribution in [3.63, 3.8) is 0 Å². The SMILES string of the molecule is CCNC(=NCc1cccc(CN2CCCC2=O)c1)NC1CCCC(CC)C1.I. The van der Waals surface area contributed by atoms with Crippen molar-refractivity contribution in [3.05, 3.63) is 35.4 Å². The highest BCUT2D eigenvalue weighted by Gasteiger charge is 2.22. The molecule has 6 heteroatoms. The van der Waals surface area contributed by atoms with Crippen LogP contribution >= 0.6 is 24.0 Å². The molecule has 1 aromatic rings. The second-order valence-electron chi connectivity index (χ2n) is 8.22. The van der Waals surface area contributed by atoms with Gasteiger partial charge in [-0.25, -0.2) is 4.99 Å². The van der Waals surface area contributed by atoms with Crippen LogP contribution < -0.4 is 10.6 Å². The Balaban J connectivity index is 0.00000300. The van der Waals surface area contributed by atoms with Gasteiger partial charge >= 0.3 is 0 Å². The summed E-state index contributed by atoms with van der Waals surface area (Å²) in [6, 6.07) is 9.02. The van der Waals surface area contributed by atoms with E-state index in [1.165, 1.54) is 43.2 Å². The maximum atomic E-state index is 11.9. The second-order valence-corrected chi connectivity index (χ2v) is 8.22. The summed E-state index contributed by atoms with van der Waals surface area (Å²) in [4.78, 5) is 18.7. The number of guanidine groups is 1. The lowest BCUT2D eigenvalue weighted by atomic mass is 9.84. The monoisotopic (exact) mass is 512 g/mol. The van der Waals surface area contributed by atoms with E-state index in [1.54, 1.807) is 0 Å². The molecule has 1 aromatic carbocycles. The third-order valence-electron chi connectivity index (χ3n) is 6.00. The molecule has 1 heterocycles. The minimum atomic E-state index is 0. The molecular weight excluding hydrogens is 475 g/mol. The molecule has 29 heavy (non-hydrogen) atoms. The van der Waals surface area contributed by atoms with E-state index in [-0.39, 0.29) is 29.9 Å². The molecule has 0 spiro atoms. The van der Waals surface area contributed by atoms with E-state index in [0.29, 0.717) is 19.0 Å². The first-order valence-corrected chi connectivity index (χ1v) is 11.1. The minimum Gasteiger partial charge on any atom is -0.357 e. The Morgan fingerprint density at radius 3 is 2.76 bits per heavy atom. The van der Waals surface area contributed by atoms with Crippen LogP contribution in [0.4, 0.5) is 0 Å². The highest BCUT2D eigenvalue weighted by Crippen LogP contribution is 2.26. The van der Waals surface area contributed by atoms with Gasteiger partial charge < -0.3 is 15.5 Å². The molecule has 3 rings (SSSR count). The summed E-state index contributed by atoms with van der Waals surface area (Å²) in [7, 11) is 0. The van der Waals surface area contributed by atoms with E-state index in [2.05, 4.69) is 48.7 Å². The lowest BCUT2D eigenvalue weighted by Crippen LogP contribution is -2.45. The van der Waals surface area contributed by atoms with Gasteiger partial charge in [-0.2, -0.15) is 0 Å². The summed E-state index contributed by atoms with van der Waals surface area (Å²) in [6.07, 6.45) is 8.13. The molecule has 1 amide bonds. The number of aliphatic imine (C=N–C) groups is 1. The van der Waals surface area contributed by atoms with Crippen LogP contribution in [0.1, 0.15) is 69.9 Å². The van der Waals surface area contributed by atoms with Crippen LogP contribution in [0, 0.1) is 5.92 Å². The minimum absolute atomic E-state index is 0. The number of benzene rings is 1. The molecule has 1 aliphatic carbocycles. The predicted octanol–water partition coefficient (Wildman–Crippen LogP) is 4.45. The van der Waals surface area contributed by atoms with Gasteiger partial charge in [0.2, 0.25) is 5.91 Å². The fraction of sp³-hybridized carbons (Fsp3) is 0.652. The molecular formula is C23H37IN4O. The van der Waals surface area contributed by atoms with E-state index in [4.69, 9.17) is 4.99 Å². The van der Waals surface area contributed by atoms with Gasteiger partial charge in [-0.15, -0.1) is 24.0 Å². The Morgan fingerprint density at radius 1 is 1.21 bits per heavy atom. The molecule has 2 atom stereocenters. The van der Waals surface area contributed by atoms with Crippen LogP contribution in [0.2, 0.25) is 0 Å². The Labute approximate surface area is 193 Å². The molecule has 5 nitrogen and oxygen atoms in total. The number of nitrogens with zero attached hydrogens (tertiary/aromatic N) is 2. The number of rotatable bonds is 7. The molecule has 0 radical (unpaired) electrons. The molecule has 1 saturated carbocycles. The zero-order chi connectivity index (χ0) is 19.8. The fourth-order valence-electron chi connectivity index (χ4n) is 4.39. The summed E-state index contributed by atoms with van der Waals surface area (Å²) in [5, 5.41) is 7.05. The molecule has 0 bridgehead atoms. The average molecular weight is 512 g/mol.